The molecule has 21 heavy (non-hydrogen) atoms. The van der Waals surface area contributed by atoms with Crippen LogP contribution in [0, 0.1) is 0 Å². The number of piperazine rings is 1. The highest BCUT2D eigenvalue weighted by atomic mass is 16.5. The van der Waals surface area contributed by atoms with Crippen LogP contribution in [-0.2, 0) is 16.1 Å². The van der Waals surface area contributed by atoms with Crippen molar-refractivity contribution in [3.63, 3.8) is 0 Å². The fourth-order valence-electron chi connectivity index (χ4n) is 2.64. The maximum absolute atomic E-state index is 12.6. The SMILES string of the molecule is CCC1C(=O)NC(C)(C)C(=O)N1Cc1cccc(OC)c1. The fraction of sp³-hybridized carbons (Fsp3) is 0.500. The summed E-state index contributed by atoms with van der Waals surface area (Å²) in [6.07, 6.45) is 0.595. The van der Waals surface area contributed by atoms with Gasteiger partial charge in [0, 0.05) is 6.54 Å². The summed E-state index contributed by atoms with van der Waals surface area (Å²) in [6, 6.07) is 7.14. The molecule has 1 aliphatic rings. The van der Waals surface area contributed by atoms with Gasteiger partial charge < -0.3 is 15.0 Å². The molecule has 2 rings (SSSR count). The van der Waals surface area contributed by atoms with E-state index in [4.69, 9.17) is 4.74 Å². The quantitative estimate of drug-likeness (QED) is 0.918. The van der Waals surface area contributed by atoms with Crippen LogP contribution < -0.4 is 10.1 Å². The third kappa shape index (κ3) is 3.01. The molecule has 1 aromatic carbocycles. The lowest BCUT2D eigenvalue weighted by molar-refractivity contribution is -0.154. The summed E-state index contributed by atoms with van der Waals surface area (Å²) < 4.78 is 5.20. The number of nitrogens with zero attached hydrogens (tertiary/aromatic N) is 1. The van der Waals surface area contributed by atoms with Crippen LogP contribution in [0.1, 0.15) is 32.8 Å². The monoisotopic (exact) mass is 290 g/mol. The van der Waals surface area contributed by atoms with Gasteiger partial charge in [0.25, 0.3) is 0 Å². The van der Waals surface area contributed by atoms with Gasteiger partial charge in [0.2, 0.25) is 11.8 Å². The summed E-state index contributed by atoms with van der Waals surface area (Å²) >= 11 is 0. The Morgan fingerprint density at radius 2 is 2.05 bits per heavy atom. The number of carbonyl (C=O) groups excluding carboxylic acids is 2. The van der Waals surface area contributed by atoms with Gasteiger partial charge in [-0.05, 0) is 38.0 Å². The minimum atomic E-state index is -0.860. The molecular weight excluding hydrogens is 268 g/mol. The average Bonchev–Trinajstić information content (AvgIpc) is 2.44. The molecule has 1 heterocycles. The summed E-state index contributed by atoms with van der Waals surface area (Å²) in [7, 11) is 1.61. The Kier molecular flexibility index (Phi) is 4.21. The van der Waals surface area contributed by atoms with Gasteiger partial charge in [-0.2, -0.15) is 0 Å². The summed E-state index contributed by atoms with van der Waals surface area (Å²) in [5.74, 6) is 0.593. The molecule has 0 spiro atoms. The number of hydrogen-bond donors (Lipinski definition) is 1. The smallest absolute Gasteiger partial charge is 0.248 e. The first-order valence-electron chi connectivity index (χ1n) is 7.15. The number of ether oxygens (including phenoxy) is 1. The molecule has 0 aliphatic carbocycles. The molecule has 1 atom stereocenters. The predicted molar refractivity (Wildman–Crippen MR) is 79.8 cm³/mol. The van der Waals surface area contributed by atoms with Crippen LogP contribution in [0.15, 0.2) is 24.3 Å². The molecule has 0 bridgehead atoms. The molecule has 5 nitrogen and oxygen atoms in total. The standard InChI is InChI=1S/C16H22N2O3/c1-5-13-14(19)17-16(2,3)15(20)18(13)10-11-7-6-8-12(9-11)21-4/h6-9,13H,5,10H2,1-4H3,(H,17,19). The zero-order valence-electron chi connectivity index (χ0n) is 13.0. The number of benzene rings is 1. The first kappa shape index (κ1) is 15.4. The molecule has 0 radical (unpaired) electrons. The van der Waals surface area contributed by atoms with Crippen molar-refractivity contribution in [2.24, 2.45) is 0 Å². The van der Waals surface area contributed by atoms with Gasteiger partial charge in [-0.1, -0.05) is 19.1 Å². The molecule has 0 aromatic heterocycles. The summed E-state index contributed by atoms with van der Waals surface area (Å²) in [5, 5.41) is 2.79. The van der Waals surface area contributed by atoms with Crippen molar-refractivity contribution in [3.8, 4) is 5.75 Å². The fourth-order valence-corrected chi connectivity index (χ4v) is 2.64. The van der Waals surface area contributed by atoms with Gasteiger partial charge in [0.1, 0.15) is 17.3 Å². The van der Waals surface area contributed by atoms with E-state index in [1.165, 1.54) is 0 Å². The van der Waals surface area contributed by atoms with Crippen LogP contribution in [0.3, 0.4) is 0 Å². The Morgan fingerprint density at radius 1 is 1.33 bits per heavy atom. The first-order chi connectivity index (χ1) is 9.89. The van der Waals surface area contributed by atoms with E-state index in [2.05, 4.69) is 5.32 Å². The van der Waals surface area contributed by atoms with Crippen molar-refractivity contribution in [2.45, 2.75) is 45.3 Å². The van der Waals surface area contributed by atoms with Crippen LogP contribution in [-0.4, -0.2) is 35.4 Å². The van der Waals surface area contributed by atoms with Gasteiger partial charge in [0.15, 0.2) is 0 Å². The van der Waals surface area contributed by atoms with E-state index < -0.39 is 11.6 Å². The average molecular weight is 290 g/mol. The highest BCUT2D eigenvalue weighted by molar-refractivity contribution is 5.99. The number of amides is 2. The summed E-state index contributed by atoms with van der Waals surface area (Å²) in [5.41, 5.74) is 0.0911. The minimum absolute atomic E-state index is 0.0585. The van der Waals surface area contributed by atoms with E-state index in [1.807, 2.05) is 31.2 Å². The second kappa shape index (κ2) is 5.76. The molecule has 1 saturated heterocycles. The van der Waals surface area contributed by atoms with Crippen molar-refractivity contribution in [2.75, 3.05) is 7.11 Å². The molecule has 1 aliphatic heterocycles. The number of carbonyl (C=O) groups is 2. The lowest BCUT2D eigenvalue weighted by atomic mass is 9.95. The molecule has 1 N–H and O–H groups in total. The zero-order chi connectivity index (χ0) is 15.6. The maximum atomic E-state index is 12.6. The Labute approximate surface area is 125 Å². The van der Waals surface area contributed by atoms with Crippen molar-refractivity contribution >= 4 is 11.8 Å². The molecule has 1 fully saturated rings. The van der Waals surface area contributed by atoms with Crippen LogP contribution in [0.5, 0.6) is 5.75 Å². The number of hydrogen-bond acceptors (Lipinski definition) is 3. The van der Waals surface area contributed by atoms with E-state index >= 15 is 0 Å². The van der Waals surface area contributed by atoms with Gasteiger partial charge in [-0.3, -0.25) is 9.59 Å². The van der Waals surface area contributed by atoms with Crippen molar-refractivity contribution < 1.29 is 14.3 Å². The third-order valence-electron chi connectivity index (χ3n) is 3.78. The van der Waals surface area contributed by atoms with E-state index in [0.717, 1.165) is 11.3 Å². The maximum Gasteiger partial charge on any atom is 0.248 e. The van der Waals surface area contributed by atoms with E-state index in [9.17, 15) is 9.59 Å². The van der Waals surface area contributed by atoms with Gasteiger partial charge >= 0.3 is 0 Å². The van der Waals surface area contributed by atoms with Crippen LogP contribution in [0.2, 0.25) is 0 Å². The first-order valence-corrected chi connectivity index (χ1v) is 7.15. The molecule has 0 saturated carbocycles. The topological polar surface area (TPSA) is 58.6 Å². The largest absolute Gasteiger partial charge is 0.497 e. The van der Waals surface area contributed by atoms with Crippen LogP contribution >= 0.6 is 0 Å². The van der Waals surface area contributed by atoms with Gasteiger partial charge in [-0.25, -0.2) is 0 Å². The molecule has 1 unspecified atom stereocenters. The number of rotatable bonds is 4. The normalized spacial score (nSPS) is 21.1. The molecule has 2 amide bonds. The Balaban J connectivity index is 2.29. The second-order valence-electron chi connectivity index (χ2n) is 5.82. The van der Waals surface area contributed by atoms with E-state index in [1.54, 1.807) is 25.9 Å². The minimum Gasteiger partial charge on any atom is -0.497 e. The molecule has 1 aromatic rings. The third-order valence-corrected chi connectivity index (χ3v) is 3.78. The lowest BCUT2D eigenvalue weighted by Gasteiger charge is -2.42. The van der Waals surface area contributed by atoms with E-state index in [-0.39, 0.29) is 11.8 Å². The molecule has 5 heteroatoms. The number of methoxy groups -OCH3 is 1. The summed E-state index contributed by atoms with van der Waals surface area (Å²) in [4.78, 5) is 26.4. The van der Waals surface area contributed by atoms with Crippen molar-refractivity contribution in [3.05, 3.63) is 29.8 Å². The number of nitrogens with one attached hydrogen (secondary N) is 1. The molecule has 114 valence electrons. The summed E-state index contributed by atoms with van der Waals surface area (Å²) in [6.45, 7) is 5.79. The Morgan fingerprint density at radius 3 is 2.67 bits per heavy atom. The van der Waals surface area contributed by atoms with Crippen molar-refractivity contribution in [1.82, 2.24) is 10.2 Å². The Bertz CT molecular complexity index is 554. The highest BCUT2D eigenvalue weighted by Gasteiger charge is 2.44. The lowest BCUT2D eigenvalue weighted by Crippen LogP contribution is -2.67. The van der Waals surface area contributed by atoms with Crippen LogP contribution in [0.4, 0.5) is 0 Å². The van der Waals surface area contributed by atoms with Gasteiger partial charge in [0.05, 0.1) is 7.11 Å². The van der Waals surface area contributed by atoms with Crippen molar-refractivity contribution in [1.29, 1.82) is 0 Å². The predicted octanol–water partition coefficient (Wildman–Crippen LogP) is 1.71. The van der Waals surface area contributed by atoms with Crippen LogP contribution in [0.25, 0.3) is 0 Å². The van der Waals surface area contributed by atoms with Gasteiger partial charge in [-0.15, -0.1) is 0 Å². The highest BCUT2D eigenvalue weighted by Crippen LogP contribution is 2.23. The zero-order valence-corrected chi connectivity index (χ0v) is 13.0. The van der Waals surface area contributed by atoms with E-state index in [0.29, 0.717) is 13.0 Å². The Hall–Kier alpha value is -2.04. The molecular formula is C16H22N2O3. The second-order valence-corrected chi connectivity index (χ2v) is 5.82.